The van der Waals surface area contributed by atoms with Crippen molar-refractivity contribution in [2.24, 2.45) is 5.92 Å². The number of hydrogen-bond acceptors (Lipinski definition) is 4. The van der Waals surface area contributed by atoms with Gasteiger partial charge in [0.05, 0.1) is 6.42 Å². The van der Waals surface area contributed by atoms with Gasteiger partial charge in [0.1, 0.15) is 11.6 Å². The molecule has 1 heterocycles. The Morgan fingerprint density at radius 1 is 0.895 bits per heavy atom. The van der Waals surface area contributed by atoms with Crippen LogP contribution in [0.4, 0.5) is 4.79 Å². The molecule has 0 bridgehead atoms. The summed E-state index contributed by atoms with van der Waals surface area (Å²) in [6.07, 6.45) is 1.87. The van der Waals surface area contributed by atoms with E-state index in [2.05, 4.69) is 17.4 Å². The van der Waals surface area contributed by atoms with Crippen LogP contribution in [0.1, 0.15) is 64.2 Å². The van der Waals surface area contributed by atoms with Crippen LogP contribution in [0.15, 0.2) is 54.6 Å². The molecule has 1 saturated heterocycles. The second kappa shape index (κ2) is 12.2. The van der Waals surface area contributed by atoms with Crippen LogP contribution < -0.4 is 5.32 Å². The summed E-state index contributed by atoms with van der Waals surface area (Å²) < 4.78 is 0. The second-order valence-corrected chi connectivity index (χ2v) is 11.1. The lowest BCUT2D eigenvalue weighted by Gasteiger charge is -2.28. The van der Waals surface area contributed by atoms with Crippen molar-refractivity contribution in [1.82, 2.24) is 15.1 Å². The Hall–Kier alpha value is -3.68. The topological polar surface area (TPSA) is 107 Å². The van der Waals surface area contributed by atoms with Crippen molar-refractivity contribution in [1.29, 1.82) is 0 Å². The van der Waals surface area contributed by atoms with Crippen molar-refractivity contribution in [3.63, 3.8) is 0 Å². The van der Waals surface area contributed by atoms with Crippen LogP contribution in [0.2, 0.25) is 0 Å². The van der Waals surface area contributed by atoms with Gasteiger partial charge in [-0.1, -0.05) is 68.4 Å². The van der Waals surface area contributed by atoms with Gasteiger partial charge in [0.2, 0.25) is 5.91 Å². The van der Waals surface area contributed by atoms with E-state index in [4.69, 9.17) is 5.11 Å². The highest BCUT2D eigenvalue weighted by molar-refractivity contribution is 6.09. The molecular weight excluding hydrogens is 482 g/mol. The molecule has 2 aromatic rings. The average molecular weight is 522 g/mol. The van der Waals surface area contributed by atoms with Crippen molar-refractivity contribution >= 4 is 23.8 Å². The summed E-state index contributed by atoms with van der Waals surface area (Å²) in [5.41, 5.74) is 2.22. The van der Waals surface area contributed by atoms with Gasteiger partial charge in [0.25, 0.3) is 5.91 Å². The summed E-state index contributed by atoms with van der Waals surface area (Å²) in [6.45, 7) is 9.03. The van der Waals surface area contributed by atoms with Crippen LogP contribution in [0.3, 0.4) is 0 Å². The van der Waals surface area contributed by atoms with E-state index in [-0.39, 0.29) is 25.3 Å². The van der Waals surface area contributed by atoms with Gasteiger partial charge in [-0.05, 0) is 62.6 Å². The minimum Gasteiger partial charge on any atom is -0.481 e. The fraction of sp³-hybridized carbons (Fsp3) is 0.467. The number of aliphatic carboxylic acids is 1. The summed E-state index contributed by atoms with van der Waals surface area (Å²) >= 11 is 0. The number of carbonyl (C=O) groups is 4. The number of carboxylic acids is 1. The molecule has 0 aliphatic carbocycles. The first-order chi connectivity index (χ1) is 17.9. The highest BCUT2D eigenvalue weighted by Gasteiger charge is 2.54. The van der Waals surface area contributed by atoms with E-state index in [0.717, 1.165) is 23.3 Å². The maximum absolute atomic E-state index is 13.6. The lowest BCUT2D eigenvalue weighted by Crippen LogP contribution is -2.53. The second-order valence-electron chi connectivity index (χ2n) is 11.1. The molecule has 1 aliphatic heterocycles. The third-order valence-electron chi connectivity index (χ3n) is 6.94. The van der Waals surface area contributed by atoms with E-state index in [9.17, 15) is 19.2 Å². The monoisotopic (exact) mass is 521 g/mol. The molecule has 2 N–H and O–H groups in total. The largest absolute Gasteiger partial charge is 0.481 e. The third kappa shape index (κ3) is 7.00. The number of hydrogen-bond donors (Lipinski definition) is 2. The molecule has 0 aromatic heterocycles. The Labute approximate surface area is 225 Å². The predicted molar refractivity (Wildman–Crippen MR) is 145 cm³/mol. The van der Waals surface area contributed by atoms with Gasteiger partial charge in [-0.3, -0.25) is 14.4 Å². The van der Waals surface area contributed by atoms with E-state index in [1.54, 1.807) is 20.8 Å². The highest BCUT2D eigenvalue weighted by Crippen LogP contribution is 2.32. The minimum absolute atomic E-state index is 0.0294. The van der Waals surface area contributed by atoms with E-state index >= 15 is 0 Å². The zero-order chi connectivity index (χ0) is 28.0. The number of aryl methyl sites for hydroxylation is 2. The lowest BCUT2D eigenvalue weighted by molar-refractivity contribution is -0.140. The molecule has 8 nitrogen and oxygen atoms in total. The number of rotatable bonds is 12. The zero-order valence-electron chi connectivity index (χ0n) is 22.9. The number of carboxylic acid groups (broad SMARTS) is 1. The number of urea groups is 1. The van der Waals surface area contributed by atoms with Gasteiger partial charge in [-0.2, -0.15) is 0 Å². The highest BCUT2D eigenvalue weighted by atomic mass is 16.4. The standard InChI is InChI=1S/C30H39N3O5/c1-20(2)17-25(27(36)31-21(3)18-26(34)35)33-28(37)30(4,5)32(29(33)38)19-24-15-13-23(14-16-24)12-11-22-9-7-6-8-10-22/h6-10,13-16,20-21,25H,11-12,17-19H2,1-5H3,(H,31,36)(H,34,35)/t21-,25-/m1/s1. The fourth-order valence-corrected chi connectivity index (χ4v) is 4.76. The maximum atomic E-state index is 13.6. The Morgan fingerprint density at radius 2 is 1.45 bits per heavy atom. The molecule has 2 atom stereocenters. The van der Waals surface area contributed by atoms with E-state index in [1.165, 1.54) is 16.0 Å². The molecule has 1 aliphatic rings. The quantitative estimate of drug-likeness (QED) is 0.403. The summed E-state index contributed by atoms with van der Waals surface area (Å²) in [5, 5.41) is 11.7. The van der Waals surface area contributed by atoms with Crippen molar-refractivity contribution < 1.29 is 24.3 Å². The minimum atomic E-state index is -1.13. The maximum Gasteiger partial charge on any atom is 0.328 e. The molecule has 0 saturated carbocycles. The zero-order valence-corrected chi connectivity index (χ0v) is 22.9. The number of benzene rings is 2. The molecule has 3 rings (SSSR count). The number of amides is 4. The van der Waals surface area contributed by atoms with Crippen molar-refractivity contribution in [2.45, 2.75) is 84.5 Å². The summed E-state index contributed by atoms with van der Waals surface area (Å²) in [4.78, 5) is 53.9. The van der Waals surface area contributed by atoms with Crippen LogP contribution in [0.25, 0.3) is 0 Å². The molecule has 0 spiro atoms. The summed E-state index contributed by atoms with van der Waals surface area (Å²) in [5.74, 6) is -1.96. The average Bonchev–Trinajstić information content (AvgIpc) is 3.01. The Morgan fingerprint density at radius 3 is 2.00 bits per heavy atom. The van der Waals surface area contributed by atoms with Crippen LogP contribution in [0.5, 0.6) is 0 Å². The van der Waals surface area contributed by atoms with Gasteiger partial charge in [0.15, 0.2) is 0 Å². The number of imide groups is 1. The molecular formula is C30H39N3O5. The van der Waals surface area contributed by atoms with Gasteiger partial charge in [-0.25, -0.2) is 9.69 Å². The molecule has 8 heteroatoms. The van der Waals surface area contributed by atoms with Gasteiger partial charge in [-0.15, -0.1) is 0 Å². The van der Waals surface area contributed by atoms with Gasteiger partial charge in [0, 0.05) is 12.6 Å². The van der Waals surface area contributed by atoms with Crippen LogP contribution in [-0.2, 0) is 33.8 Å². The van der Waals surface area contributed by atoms with E-state index < -0.39 is 41.4 Å². The molecule has 0 radical (unpaired) electrons. The number of nitrogens with one attached hydrogen (secondary N) is 1. The predicted octanol–water partition coefficient (Wildman–Crippen LogP) is 4.41. The Balaban J connectivity index is 1.74. The molecule has 1 fully saturated rings. The van der Waals surface area contributed by atoms with Crippen LogP contribution in [-0.4, -0.2) is 56.3 Å². The molecule has 4 amide bonds. The van der Waals surface area contributed by atoms with E-state index in [0.29, 0.717) is 0 Å². The number of carbonyl (C=O) groups excluding carboxylic acids is 3. The normalized spacial score (nSPS) is 16.6. The first-order valence-corrected chi connectivity index (χ1v) is 13.2. The summed E-state index contributed by atoms with van der Waals surface area (Å²) in [7, 11) is 0. The summed E-state index contributed by atoms with van der Waals surface area (Å²) in [6, 6.07) is 16.2. The Kier molecular flexibility index (Phi) is 9.31. The first kappa shape index (κ1) is 28.9. The van der Waals surface area contributed by atoms with Gasteiger partial charge >= 0.3 is 12.0 Å². The Bertz CT molecular complexity index is 1140. The molecule has 0 unspecified atom stereocenters. The third-order valence-corrected chi connectivity index (χ3v) is 6.94. The van der Waals surface area contributed by atoms with Crippen molar-refractivity contribution in [3.05, 3.63) is 71.3 Å². The van der Waals surface area contributed by atoms with E-state index in [1.807, 2.05) is 56.3 Å². The molecule has 38 heavy (non-hydrogen) atoms. The van der Waals surface area contributed by atoms with Crippen molar-refractivity contribution in [3.8, 4) is 0 Å². The number of nitrogens with zero attached hydrogens (tertiary/aromatic N) is 2. The van der Waals surface area contributed by atoms with Crippen LogP contribution in [0, 0.1) is 5.92 Å². The molecule has 2 aromatic carbocycles. The molecule has 204 valence electrons. The first-order valence-electron chi connectivity index (χ1n) is 13.2. The van der Waals surface area contributed by atoms with Crippen molar-refractivity contribution in [2.75, 3.05) is 0 Å². The smallest absolute Gasteiger partial charge is 0.328 e. The lowest BCUT2D eigenvalue weighted by atomic mass is 9.98. The SMILES string of the molecule is CC(C)C[C@H](C(=O)N[C@H](C)CC(=O)O)N1C(=O)N(Cc2ccc(CCc3ccccc3)cc2)C(C)(C)C1=O. The van der Waals surface area contributed by atoms with Gasteiger partial charge < -0.3 is 15.3 Å². The fourth-order valence-electron chi connectivity index (χ4n) is 4.76. The van der Waals surface area contributed by atoms with Crippen LogP contribution >= 0.6 is 0 Å².